The number of hydrogen-bond donors (Lipinski definition) is 2. The van der Waals surface area contributed by atoms with Crippen molar-refractivity contribution < 1.29 is 9.18 Å². The first-order valence-electron chi connectivity index (χ1n) is 8.85. The number of amides is 1. The summed E-state index contributed by atoms with van der Waals surface area (Å²) in [6.45, 7) is 7.84. The van der Waals surface area contributed by atoms with Crippen LogP contribution in [-0.2, 0) is 6.54 Å². The van der Waals surface area contributed by atoms with Gasteiger partial charge >= 0.3 is 0 Å². The third-order valence-corrected chi connectivity index (χ3v) is 4.68. The molecule has 8 heteroatoms. The van der Waals surface area contributed by atoms with Gasteiger partial charge in [0, 0.05) is 31.1 Å². The molecule has 1 amide bonds. The fourth-order valence-corrected chi connectivity index (χ4v) is 3.04. The van der Waals surface area contributed by atoms with Crippen LogP contribution in [-0.4, -0.2) is 48.4 Å². The highest BCUT2D eigenvalue weighted by molar-refractivity contribution is 7.09. The molecule has 0 radical (unpaired) electrons. The van der Waals surface area contributed by atoms with Gasteiger partial charge in [-0.05, 0) is 38.5 Å². The van der Waals surface area contributed by atoms with Crippen LogP contribution >= 0.6 is 11.3 Å². The van der Waals surface area contributed by atoms with E-state index in [1.807, 2.05) is 31.2 Å². The molecule has 2 rings (SSSR count). The van der Waals surface area contributed by atoms with E-state index in [0.717, 1.165) is 23.2 Å². The standard InChI is InChI=1S/C19H26FN5OS/c1-5-21-19(25(4)11-16-12-27-14(3)24-16)23-9-8-22-18(26)15-7-6-13(2)17(20)10-15/h6-7,10,12H,5,8-9,11H2,1-4H3,(H,21,23)(H,22,26). The molecule has 0 fully saturated rings. The van der Waals surface area contributed by atoms with Gasteiger partial charge in [-0.1, -0.05) is 6.07 Å². The number of thiazole rings is 1. The molecule has 6 nitrogen and oxygen atoms in total. The lowest BCUT2D eigenvalue weighted by Crippen LogP contribution is -2.39. The molecule has 2 aromatic rings. The lowest BCUT2D eigenvalue weighted by Gasteiger charge is -2.21. The van der Waals surface area contributed by atoms with Crippen LogP contribution < -0.4 is 10.6 Å². The second-order valence-corrected chi connectivity index (χ2v) is 7.23. The van der Waals surface area contributed by atoms with Crippen molar-refractivity contribution in [2.45, 2.75) is 27.3 Å². The minimum atomic E-state index is -0.381. The SMILES string of the molecule is CCNC(=NCCNC(=O)c1ccc(C)c(F)c1)N(C)Cc1csc(C)n1. The van der Waals surface area contributed by atoms with Crippen LogP contribution in [0.3, 0.4) is 0 Å². The first-order chi connectivity index (χ1) is 12.9. The second kappa shape index (κ2) is 10.0. The van der Waals surface area contributed by atoms with E-state index in [0.29, 0.717) is 30.8 Å². The van der Waals surface area contributed by atoms with Crippen molar-refractivity contribution in [2.75, 3.05) is 26.7 Å². The van der Waals surface area contributed by atoms with Gasteiger partial charge < -0.3 is 15.5 Å². The molecular weight excluding hydrogens is 365 g/mol. The van der Waals surface area contributed by atoms with Crippen LogP contribution in [0.4, 0.5) is 4.39 Å². The number of nitrogens with one attached hydrogen (secondary N) is 2. The smallest absolute Gasteiger partial charge is 0.251 e. The lowest BCUT2D eigenvalue weighted by molar-refractivity contribution is 0.0954. The predicted molar refractivity (Wildman–Crippen MR) is 108 cm³/mol. The summed E-state index contributed by atoms with van der Waals surface area (Å²) in [5.74, 6) is 0.0631. The largest absolute Gasteiger partial charge is 0.357 e. The maximum Gasteiger partial charge on any atom is 0.251 e. The number of nitrogens with zero attached hydrogens (tertiary/aromatic N) is 3. The minimum Gasteiger partial charge on any atom is -0.357 e. The van der Waals surface area contributed by atoms with Gasteiger partial charge in [0.2, 0.25) is 0 Å². The van der Waals surface area contributed by atoms with Crippen molar-refractivity contribution in [1.82, 2.24) is 20.5 Å². The van der Waals surface area contributed by atoms with Gasteiger partial charge in [-0.15, -0.1) is 11.3 Å². The summed E-state index contributed by atoms with van der Waals surface area (Å²) < 4.78 is 13.6. The number of guanidine groups is 1. The van der Waals surface area contributed by atoms with Gasteiger partial charge in [-0.25, -0.2) is 9.37 Å². The third-order valence-electron chi connectivity index (χ3n) is 3.86. The Bertz CT molecular complexity index is 805. The second-order valence-electron chi connectivity index (χ2n) is 6.17. The molecule has 2 N–H and O–H groups in total. The first-order valence-corrected chi connectivity index (χ1v) is 9.73. The molecule has 27 heavy (non-hydrogen) atoms. The van der Waals surface area contributed by atoms with Crippen LogP contribution in [0.25, 0.3) is 0 Å². The number of aryl methyl sites for hydroxylation is 2. The van der Waals surface area contributed by atoms with Gasteiger partial charge in [0.1, 0.15) is 5.82 Å². The quantitative estimate of drug-likeness (QED) is 0.433. The highest BCUT2D eigenvalue weighted by Crippen LogP contribution is 2.10. The molecule has 0 aliphatic heterocycles. The van der Waals surface area contributed by atoms with E-state index < -0.39 is 0 Å². The zero-order valence-corrected chi connectivity index (χ0v) is 17.0. The van der Waals surface area contributed by atoms with Crippen molar-refractivity contribution in [3.05, 3.63) is 51.2 Å². The normalized spacial score (nSPS) is 11.4. The van der Waals surface area contributed by atoms with E-state index in [-0.39, 0.29) is 11.7 Å². The summed E-state index contributed by atoms with van der Waals surface area (Å²) in [5.41, 5.74) is 1.83. The Kier molecular flexibility index (Phi) is 7.72. The Balaban J connectivity index is 1.88. The number of aromatic nitrogens is 1. The van der Waals surface area contributed by atoms with E-state index in [1.165, 1.54) is 6.07 Å². The number of aliphatic imine (C=N–C) groups is 1. The monoisotopic (exact) mass is 391 g/mol. The van der Waals surface area contributed by atoms with Crippen LogP contribution in [0.5, 0.6) is 0 Å². The van der Waals surface area contributed by atoms with Gasteiger partial charge in [0.25, 0.3) is 5.91 Å². The van der Waals surface area contributed by atoms with Gasteiger partial charge in [0.15, 0.2) is 5.96 Å². The molecule has 1 aromatic carbocycles. The lowest BCUT2D eigenvalue weighted by atomic mass is 10.1. The van der Waals surface area contributed by atoms with E-state index >= 15 is 0 Å². The average Bonchev–Trinajstić information content (AvgIpc) is 3.04. The Morgan fingerprint density at radius 1 is 1.33 bits per heavy atom. The van der Waals surface area contributed by atoms with Gasteiger partial charge in [0.05, 0.1) is 23.8 Å². The molecule has 0 saturated carbocycles. The topological polar surface area (TPSA) is 69.6 Å². The van der Waals surface area contributed by atoms with E-state index in [2.05, 4.69) is 20.6 Å². The van der Waals surface area contributed by atoms with Crippen LogP contribution in [0.15, 0.2) is 28.6 Å². The van der Waals surface area contributed by atoms with Gasteiger partial charge in [-0.3, -0.25) is 9.79 Å². The molecule has 1 aromatic heterocycles. The molecule has 0 bridgehead atoms. The minimum absolute atomic E-state index is 0.305. The Morgan fingerprint density at radius 2 is 2.11 bits per heavy atom. The number of benzene rings is 1. The van der Waals surface area contributed by atoms with Crippen LogP contribution in [0.2, 0.25) is 0 Å². The van der Waals surface area contributed by atoms with Crippen molar-refractivity contribution in [3.63, 3.8) is 0 Å². The fourth-order valence-electron chi connectivity index (χ4n) is 2.44. The molecule has 0 aliphatic carbocycles. The Labute approximate surface area is 163 Å². The summed E-state index contributed by atoms with van der Waals surface area (Å²) in [7, 11) is 1.95. The number of rotatable bonds is 7. The third kappa shape index (κ3) is 6.32. The maximum absolute atomic E-state index is 13.6. The number of halogens is 1. The number of hydrogen-bond acceptors (Lipinski definition) is 4. The summed E-state index contributed by atoms with van der Waals surface area (Å²) in [6, 6.07) is 4.47. The summed E-state index contributed by atoms with van der Waals surface area (Å²) >= 11 is 1.62. The van der Waals surface area contributed by atoms with Crippen LogP contribution in [0.1, 0.15) is 33.5 Å². The van der Waals surface area contributed by atoms with Crippen molar-refractivity contribution >= 4 is 23.2 Å². The Hall–Kier alpha value is -2.48. The molecule has 0 spiro atoms. The molecule has 0 atom stereocenters. The van der Waals surface area contributed by atoms with Crippen molar-refractivity contribution in [1.29, 1.82) is 0 Å². The highest BCUT2D eigenvalue weighted by atomic mass is 32.1. The molecule has 146 valence electrons. The maximum atomic E-state index is 13.6. The fraction of sp³-hybridized carbons (Fsp3) is 0.421. The zero-order chi connectivity index (χ0) is 19.8. The zero-order valence-electron chi connectivity index (χ0n) is 16.2. The molecule has 1 heterocycles. The average molecular weight is 392 g/mol. The molecular formula is C19H26FN5OS. The Morgan fingerprint density at radius 3 is 2.74 bits per heavy atom. The summed E-state index contributed by atoms with van der Waals surface area (Å²) in [4.78, 5) is 23.1. The predicted octanol–water partition coefficient (Wildman–Crippen LogP) is 2.73. The summed E-state index contributed by atoms with van der Waals surface area (Å²) in [6.07, 6.45) is 0. The van der Waals surface area contributed by atoms with Crippen molar-refractivity contribution in [3.8, 4) is 0 Å². The van der Waals surface area contributed by atoms with E-state index in [1.54, 1.807) is 30.4 Å². The van der Waals surface area contributed by atoms with E-state index in [4.69, 9.17) is 0 Å². The van der Waals surface area contributed by atoms with Crippen LogP contribution in [0, 0.1) is 19.7 Å². The summed E-state index contributed by atoms with van der Waals surface area (Å²) in [5, 5.41) is 9.07. The highest BCUT2D eigenvalue weighted by Gasteiger charge is 2.10. The number of carbonyl (C=O) groups excluding carboxylic acids is 1. The van der Waals surface area contributed by atoms with E-state index in [9.17, 15) is 9.18 Å². The molecule has 0 saturated heterocycles. The van der Waals surface area contributed by atoms with Gasteiger partial charge in [-0.2, -0.15) is 0 Å². The molecule has 0 aliphatic rings. The number of carbonyl (C=O) groups is 1. The molecule has 0 unspecified atom stereocenters. The first kappa shape index (κ1) is 20.8. The van der Waals surface area contributed by atoms with Crippen molar-refractivity contribution in [2.24, 2.45) is 4.99 Å².